The van der Waals surface area contributed by atoms with Crippen LogP contribution in [0.15, 0.2) is 103 Å². The van der Waals surface area contributed by atoms with E-state index in [4.69, 9.17) is 15.2 Å². The maximum atomic E-state index is 12.9. The molecule has 0 saturated heterocycles. The second-order valence-corrected chi connectivity index (χ2v) is 8.57. The third-order valence-electron chi connectivity index (χ3n) is 6.10. The van der Waals surface area contributed by atoms with Gasteiger partial charge in [0.1, 0.15) is 6.04 Å². The van der Waals surface area contributed by atoms with Gasteiger partial charge < -0.3 is 20.1 Å². The lowest BCUT2D eigenvalue weighted by atomic mass is 10.0. The van der Waals surface area contributed by atoms with Crippen molar-refractivity contribution in [1.29, 1.82) is 5.26 Å². The van der Waals surface area contributed by atoms with E-state index in [1.165, 1.54) is 5.56 Å². The highest BCUT2D eigenvalue weighted by Gasteiger charge is 2.28. The number of carbonyl (C=O) groups excluding carboxylic acids is 1. The Hall–Kier alpha value is -4.76. The molecule has 37 heavy (non-hydrogen) atoms. The van der Waals surface area contributed by atoms with Gasteiger partial charge in [-0.1, -0.05) is 66.7 Å². The zero-order chi connectivity index (χ0) is 26.0. The van der Waals surface area contributed by atoms with E-state index in [1.54, 1.807) is 25.3 Å². The zero-order valence-electron chi connectivity index (χ0n) is 20.7. The second kappa shape index (κ2) is 12.3. The van der Waals surface area contributed by atoms with E-state index in [-0.39, 0.29) is 0 Å². The van der Waals surface area contributed by atoms with E-state index >= 15 is 0 Å². The number of anilines is 1. The van der Waals surface area contributed by atoms with Crippen molar-refractivity contribution < 1.29 is 14.3 Å². The molecule has 0 aliphatic carbocycles. The maximum absolute atomic E-state index is 12.9. The van der Waals surface area contributed by atoms with E-state index in [0.29, 0.717) is 35.8 Å². The van der Waals surface area contributed by atoms with E-state index in [2.05, 4.69) is 18.2 Å². The van der Waals surface area contributed by atoms with Crippen molar-refractivity contribution in [3.8, 4) is 17.6 Å². The molecular weight excluding hydrogens is 462 g/mol. The minimum Gasteiger partial charge on any atom is -0.493 e. The fraction of sp³-hybridized carbons (Fsp3) is 0.161. The fourth-order valence-electron chi connectivity index (χ4n) is 4.23. The first kappa shape index (κ1) is 25.3. The first-order valence-electron chi connectivity index (χ1n) is 12.0. The minimum absolute atomic E-state index is 0.442. The summed E-state index contributed by atoms with van der Waals surface area (Å²) in [5, 5.41) is 9.22. The van der Waals surface area contributed by atoms with E-state index in [0.717, 1.165) is 17.7 Å². The van der Waals surface area contributed by atoms with E-state index < -0.39 is 11.9 Å². The summed E-state index contributed by atoms with van der Waals surface area (Å²) in [5.41, 5.74) is 10.2. The van der Waals surface area contributed by atoms with Gasteiger partial charge in [-0.2, -0.15) is 5.26 Å². The van der Waals surface area contributed by atoms with Crippen molar-refractivity contribution in [2.24, 2.45) is 5.73 Å². The highest BCUT2D eigenvalue weighted by atomic mass is 16.5. The molecule has 2 N–H and O–H groups in total. The van der Waals surface area contributed by atoms with Crippen LogP contribution in [0.1, 0.15) is 28.3 Å². The SMILES string of the molecule is COc1cc(C(C(N)=O)N(Cc2ccccc2)c2ccc(C#N)cc2)ccc1OCCc1ccccc1. The van der Waals surface area contributed by atoms with Gasteiger partial charge in [-0.3, -0.25) is 4.79 Å². The van der Waals surface area contributed by atoms with Crippen LogP contribution in [0.4, 0.5) is 5.69 Å². The number of amides is 1. The first-order chi connectivity index (χ1) is 18.1. The van der Waals surface area contributed by atoms with Crippen LogP contribution in [0, 0.1) is 11.3 Å². The summed E-state index contributed by atoms with van der Waals surface area (Å²) in [6, 6.07) is 33.9. The number of nitriles is 1. The number of ether oxygens (including phenoxy) is 2. The Morgan fingerprint density at radius 2 is 1.54 bits per heavy atom. The lowest BCUT2D eigenvalue weighted by Crippen LogP contribution is -2.37. The number of primary amides is 1. The monoisotopic (exact) mass is 491 g/mol. The van der Waals surface area contributed by atoms with Crippen LogP contribution >= 0.6 is 0 Å². The molecule has 0 aliphatic rings. The van der Waals surface area contributed by atoms with Crippen LogP contribution in [0.25, 0.3) is 0 Å². The van der Waals surface area contributed by atoms with Crippen molar-refractivity contribution in [3.05, 3.63) is 125 Å². The summed E-state index contributed by atoms with van der Waals surface area (Å²) < 4.78 is 11.6. The zero-order valence-corrected chi connectivity index (χ0v) is 20.7. The molecule has 186 valence electrons. The number of benzene rings is 4. The number of nitrogens with two attached hydrogens (primary N) is 1. The molecule has 0 fully saturated rings. The average Bonchev–Trinajstić information content (AvgIpc) is 2.94. The highest BCUT2D eigenvalue weighted by molar-refractivity contribution is 5.85. The normalized spacial score (nSPS) is 11.2. The summed E-state index contributed by atoms with van der Waals surface area (Å²) in [4.78, 5) is 14.8. The molecule has 4 aromatic rings. The molecule has 6 nitrogen and oxygen atoms in total. The summed E-state index contributed by atoms with van der Waals surface area (Å²) in [6.07, 6.45) is 0.763. The van der Waals surface area contributed by atoms with E-state index in [9.17, 15) is 10.1 Å². The molecule has 0 saturated carbocycles. The van der Waals surface area contributed by atoms with Gasteiger partial charge in [-0.05, 0) is 53.1 Å². The van der Waals surface area contributed by atoms with Crippen LogP contribution in [0.3, 0.4) is 0 Å². The lowest BCUT2D eigenvalue weighted by molar-refractivity contribution is -0.119. The molecule has 1 unspecified atom stereocenters. The summed E-state index contributed by atoms with van der Waals surface area (Å²) >= 11 is 0. The Bertz CT molecular complexity index is 1350. The summed E-state index contributed by atoms with van der Waals surface area (Å²) in [5.74, 6) is 0.620. The molecule has 1 atom stereocenters. The predicted molar refractivity (Wildman–Crippen MR) is 144 cm³/mol. The maximum Gasteiger partial charge on any atom is 0.244 e. The largest absolute Gasteiger partial charge is 0.493 e. The number of methoxy groups -OCH3 is 1. The Kier molecular flexibility index (Phi) is 8.41. The second-order valence-electron chi connectivity index (χ2n) is 8.57. The molecule has 4 aromatic carbocycles. The van der Waals surface area contributed by atoms with Gasteiger partial charge in [0.2, 0.25) is 5.91 Å². The number of hydrogen-bond donors (Lipinski definition) is 1. The number of carbonyl (C=O) groups is 1. The van der Waals surface area contributed by atoms with Gasteiger partial charge in [0, 0.05) is 18.7 Å². The molecule has 0 bridgehead atoms. The third-order valence-corrected chi connectivity index (χ3v) is 6.10. The van der Waals surface area contributed by atoms with Crippen LogP contribution < -0.4 is 20.1 Å². The Morgan fingerprint density at radius 1 is 0.892 bits per heavy atom. The first-order valence-corrected chi connectivity index (χ1v) is 12.0. The lowest BCUT2D eigenvalue weighted by Gasteiger charge is -2.32. The van der Waals surface area contributed by atoms with Gasteiger partial charge in [0.15, 0.2) is 11.5 Å². The third kappa shape index (κ3) is 6.47. The Morgan fingerprint density at radius 3 is 2.14 bits per heavy atom. The highest BCUT2D eigenvalue weighted by Crippen LogP contribution is 2.35. The predicted octanol–water partition coefficient (Wildman–Crippen LogP) is 5.42. The van der Waals surface area contributed by atoms with Crippen molar-refractivity contribution in [2.75, 3.05) is 18.6 Å². The quantitative estimate of drug-likeness (QED) is 0.303. The van der Waals surface area contributed by atoms with Crippen LogP contribution in [-0.2, 0) is 17.8 Å². The van der Waals surface area contributed by atoms with Gasteiger partial charge in [0.05, 0.1) is 25.3 Å². The van der Waals surface area contributed by atoms with Crippen molar-refractivity contribution in [3.63, 3.8) is 0 Å². The molecule has 1 amide bonds. The number of nitrogens with zero attached hydrogens (tertiary/aromatic N) is 2. The molecule has 0 spiro atoms. The van der Waals surface area contributed by atoms with Crippen molar-refractivity contribution in [2.45, 2.75) is 19.0 Å². The van der Waals surface area contributed by atoms with Gasteiger partial charge in [-0.15, -0.1) is 0 Å². The molecule has 4 rings (SSSR count). The molecule has 6 heteroatoms. The molecular formula is C31H29N3O3. The van der Waals surface area contributed by atoms with Gasteiger partial charge in [-0.25, -0.2) is 0 Å². The number of hydrogen-bond acceptors (Lipinski definition) is 5. The molecule has 0 radical (unpaired) electrons. The Balaban J connectivity index is 1.64. The average molecular weight is 492 g/mol. The van der Waals surface area contributed by atoms with Gasteiger partial charge >= 0.3 is 0 Å². The van der Waals surface area contributed by atoms with Crippen molar-refractivity contribution >= 4 is 11.6 Å². The summed E-state index contributed by atoms with van der Waals surface area (Å²) in [7, 11) is 1.57. The van der Waals surface area contributed by atoms with Crippen LogP contribution in [-0.4, -0.2) is 19.6 Å². The minimum atomic E-state index is -0.777. The van der Waals surface area contributed by atoms with Crippen molar-refractivity contribution in [1.82, 2.24) is 0 Å². The Labute approximate surface area is 217 Å². The topological polar surface area (TPSA) is 88.6 Å². The van der Waals surface area contributed by atoms with Gasteiger partial charge in [0.25, 0.3) is 0 Å². The number of rotatable bonds is 11. The van der Waals surface area contributed by atoms with Crippen LogP contribution in [0.2, 0.25) is 0 Å². The smallest absolute Gasteiger partial charge is 0.244 e. The fourth-order valence-corrected chi connectivity index (χ4v) is 4.23. The molecule has 0 aromatic heterocycles. The molecule has 0 aliphatic heterocycles. The molecule has 0 heterocycles. The summed E-state index contributed by atoms with van der Waals surface area (Å²) in [6.45, 7) is 0.933. The van der Waals surface area contributed by atoms with E-state index in [1.807, 2.05) is 77.7 Å². The standard InChI is InChI=1S/C31H29N3O3/c1-36-29-20-26(14-17-28(29)37-19-18-23-8-4-2-5-9-23)30(31(33)35)34(22-25-10-6-3-7-11-25)27-15-12-24(21-32)13-16-27/h2-17,20,30H,18-19,22H2,1H3,(H2,33,35). The van der Waals surface area contributed by atoms with Crippen LogP contribution in [0.5, 0.6) is 11.5 Å².